The van der Waals surface area contributed by atoms with Crippen molar-refractivity contribution in [2.75, 3.05) is 18.9 Å². The van der Waals surface area contributed by atoms with Crippen molar-refractivity contribution in [3.05, 3.63) is 23.3 Å². The lowest BCUT2D eigenvalue weighted by Gasteiger charge is -2.26. The summed E-state index contributed by atoms with van der Waals surface area (Å²) in [6.45, 7) is 2.61. The van der Waals surface area contributed by atoms with Gasteiger partial charge in [-0.2, -0.15) is 14.0 Å². The predicted molar refractivity (Wildman–Crippen MR) is 87.2 cm³/mol. The van der Waals surface area contributed by atoms with Crippen LogP contribution in [-0.4, -0.2) is 44.7 Å². The second-order valence-corrected chi connectivity index (χ2v) is 6.48. The minimum Gasteiger partial charge on any atom is -0.391 e. The topological polar surface area (TPSA) is 109 Å². The van der Waals surface area contributed by atoms with Gasteiger partial charge in [0.1, 0.15) is 22.8 Å². The molecule has 1 aliphatic heterocycles. The summed E-state index contributed by atoms with van der Waals surface area (Å²) in [7, 11) is 0. The van der Waals surface area contributed by atoms with E-state index in [0.29, 0.717) is 25.0 Å². The number of nitriles is 1. The van der Waals surface area contributed by atoms with E-state index in [1.165, 1.54) is 6.07 Å². The first-order chi connectivity index (χ1) is 12.5. The van der Waals surface area contributed by atoms with Gasteiger partial charge in [-0.05, 0) is 26.7 Å². The molecule has 2 aromatic heterocycles. The normalized spacial score (nSPS) is 17.9. The van der Waals surface area contributed by atoms with E-state index in [1.54, 1.807) is 0 Å². The highest BCUT2D eigenvalue weighted by Gasteiger charge is 2.53. The SMILES string of the molecule is CC(C)(F)C(F)(F)c1c(C#N)c(F)c2cnc(N)nn12.OC1CCCOC1. The fourth-order valence-corrected chi connectivity index (χ4v) is 2.42. The van der Waals surface area contributed by atoms with Gasteiger partial charge >= 0.3 is 5.92 Å². The summed E-state index contributed by atoms with van der Waals surface area (Å²) in [4.78, 5) is 3.46. The zero-order chi connectivity index (χ0) is 20.4. The molecule has 3 rings (SSSR count). The molecule has 1 atom stereocenters. The van der Waals surface area contributed by atoms with Crippen LogP contribution >= 0.6 is 0 Å². The quantitative estimate of drug-likeness (QED) is 0.763. The second kappa shape index (κ2) is 7.66. The van der Waals surface area contributed by atoms with E-state index in [9.17, 15) is 17.6 Å². The summed E-state index contributed by atoms with van der Waals surface area (Å²) in [5.41, 5.74) is -0.419. The lowest BCUT2D eigenvalue weighted by Crippen LogP contribution is -2.38. The Morgan fingerprint density at radius 3 is 2.52 bits per heavy atom. The van der Waals surface area contributed by atoms with Crippen LogP contribution in [0.15, 0.2) is 6.20 Å². The van der Waals surface area contributed by atoms with Crippen LogP contribution in [0.1, 0.15) is 37.9 Å². The number of fused-ring (bicyclic) bond motifs is 1. The molecule has 0 aliphatic carbocycles. The lowest BCUT2D eigenvalue weighted by atomic mass is 9.97. The summed E-state index contributed by atoms with van der Waals surface area (Å²) in [5.74, 6) is -5.80. The van der Waals surface area contributed by atoms with Crippen LogP contribution < -0.4 is 5.73 Å². The van der Waals surface area contributed by atoms with Crippen molar-refractivity contribution >= 4 is 11.5 Å². The number of nitrogens with two attached hydrogens (primary N) is 1. The first-order valence-electron chi connectivity index (χ1n) is 8.06. The van der Waals surface area contributed by atoms with Crippen LogP contribution in [0, 0.1) is 17.1 Å². The zero-order valence-electron chi connectivity index (χ0n) is 14.7. The molecule has 148 valence electrons. The molecule has 0 radical (unpaired) electrons. The van der Waals surface area contributed by atoms with Crippen molar-refractivity contribution in [2.45, 2.75) is 44.4 Å². The van der Waals surface area contributed by atoms with E-state index in [0.717, 1.165) is 25.6 Å². The Hall–Kier alpha value is -2.45. The first-order valence-corrected chi connectivity index (χ1v) is 8.06. The molecule has 27 heavy (non-hydrogen) atoms. The maximum atomic E-state index is 14.2. The molecular weight excluding hydrogens is 370 g/mol. The lowest BCUT2D eigenvalue weighted by molar-refractivity contribution is -0.131. The van der Waals surface area contributed by atoms with Crippen molar-refractivity contribution in [2.24, 2.45) is 0 Å². The highest BCUT2D eigenvalue weighted by Crippen LogP contribution is 2.44. The number of aliphatic hydroxyl groups excluding tert-OH is 1. The first kappa shape index (κ1) is 20.9. The van der Waals surface area contributed by atoms with Crippen LogP contribution in [0.5, 0.6) is 0 Å². The average Bonchev–Trinajstić information content (AvgIpc) is 2.87. The molecular formula is C16H19F4N5O2. The number of alkyl halides is 3. The Balaban J connectivity index is 0.000000313. The van der Waals surface area contributed by atoms with Gasteiger partial charge in [-0.15, -0.1) is 5.10 Å². The molecule has 1 saturated heterocycles. The van der Waals surface area contributed by atoms with Crippen LogP contribution in [0.25, 0.3) is 5.52 Å². The van der Waals surface area contributed by atoms with Crippen LogP contribution in [0.2, 0.25) is 0 Å². The van der Waals surface area contributed by atoms with Crippen molar-refractivity contribution in [3.63, 3.8) is 0 Å². The van der Waals surface area contributed by atoms with E-state index in [2.05, 4.69) is 10.1 Å². The number of aliphatic hydroxyl groups is 1. The number of anilines is 1. The monoisotopic (exact) mass is 389 g/mol. The summed E-state index contributed by atoms with van der Waals surface area (Å²) in [5, 5.41) is 21.1. The van der Waals surface area contributed by atoms with Crippen LogP contribution in [-0.2, 0) is 10.7 Å². The summed E-state index contributed by atoms with van der Waals surface area (Å²) in [6, 6.07) is 1.30. The fourth-order valence-electron chi connectivity index (χ4n) is 2.42. The fraction of sp³-hybridized carbons (Fsp3) is 0.562. The second-order valence-electron chi connectivity index (χ2n) is 6.48. The van der Waals surface area contributed by atoms with Crippen molar-refractivity contribution in [3.8, 4) is 6.07 Å². The number of nitrogens with zero attached hydrogens (tertiary/aromatic N) is 4. The maximum Gasteiger partial charge on any atom is 0.323 e. The van der Waals surface area contributed by atoms with Gasteiger partial charge in [0, 0.05) is 6.61 Å². The number of halogens is 4. The largest absolute Gasteiger partial charge is 0.391 e. The smallest absolute Gasteiger partial charge is 0.323 e. The van der Waals surface area contributed by atoms with E-state index >= 15 is 0 Å². The van der Waals surface area contributed by atoms with Gasteiger partial charge in [-0.3, -0.25) is 0 Å². The maximum absolute atomic E-state index is 14.2. The van der Waals surface area contributed by atoms with E-state index in [1.807, 2.05) is 0 Å². The van der Waals surface area contributed by atoms with Crippen LogP contribution in [0.3, 0.4) is 0 Å². The van der Waals surface area contributed by atoms with Gasteiger partial charge < -0.3 is 15.6 Å². The van der Waals surface area contributed by atoms with E-state index in [4.69, 9.17) is 20.8 Å². The van der Waals surface area contributed by atoms with Gasteiger partial charge in [0.05, 0.1) is 18.9 Å². The van der Waals surface area contributed by atoms with Crippen molar-refractivity contribution in [1.29, 1.82) is 5.26 Å². The summed E-state index contributed by atoms with van der Waals surface area (Å²) in [6.07, 6.45) is 2.60. The molecule has 11 heteroatoms. The molecule has 3 heterocycles. The molecule has 0 aromatic carbocycles. The Bertz CT molecular complexity index is 851. The molecule has 0 spiro atoms. The predicted octanol–water partition coefficient (Wildman–Crippen LogP) is 2.32. The van der Waals surface area contributed by atoms with Crippen molar-refractivity contribution in [1.82, 2.24) is 14.6 Å². The molecule has 1 unspecified atom stereocenters. The Labute approximate surface area is 152 Å². The molecule has 1 fully saturated rings. The highest BCUT2D eigenvalue weighted by molar-refractivity contribution is 5.58. The van der Waals surface area contributed by atoms with E-state index < -0.39 is 40.1 Å². The van der Waals surface area contributed by atoms with Gasteiger partial charge in [-0.25, -0.2) is 18.3 Å². The standard InChI is InChI=1S/C11H9F4N5.C5H10O2/c1-10(2,13)11(14,15)8-5(3-16)7(12)6-4-18-9(17)19-20(6)8;6-5-2-1-3-7-4-5/h4H,1-2H3,(H2,17,19);5-6H,1-4H2. The highest BCUT2D eigenvalue weighted by atomic mass is 19.3. The third kappa shape index (κ3) is 4.12. The number of ether oxygens (including phenoxy) is 1. The number of rotatable bonds is 2. The number of aromatic nitrogens is 3. The number of nitrogen functional groups attached to an aromatic ring is 1. The molecule has 0 saturated carbocycles. The van der Waals surface area contributed by atoms with Gasteiger partial charge in [0.25, 0.3) is 0 Å². The third-order valence-electron chi connectivity index (χ3n) is 3.93. The minimum absolute atomic E-state index is 0.186. The van der Waals surface area contributed by atoms with Gasteiger partial charge in [-0.1, -0.05) is 0 Å². The van der Waals surface area contributed by atoms with Crippen LogP contribution in [0.4, 0.5) is 23.5 Å². The average molecular weight is 389 g/mol. The Kier molecular flexibility index (Phi) is 5.91. The molecule has 0 amide bonds. The van der Waals surface area contributed by atoms with Gasteiger partial charge in [0.2, 0.25) is 5.95 Å². The minimum atomic E-state index is -4.15. The molecule has 3 N–H and O–H groups in total. The number of hydrogen-bond acceptors (Lipinski definition) is 6. The zero-order valence-corrected chi connectivity index (χ0v) is 14.7. The molecule has 0 bridgehead atoms. The summed E-state index contributed by atoms with van der Waals surface area (Å²) < 4.78 is 61.3. The Morgan fingerprint density at radius 1 is 1.41 bits per heavy atom. The molecule has 2 aromatic rings. The molecule has 1 aliphatic rings. The van der Waals surface area contributed by atoms with E-state index in [-0.39, 0.29) is 6.10 Å². The van der Waals surface area contributed by atoms with Crippen molar-refractivity contribution < 1.29 is 27.4 Å². The molecule has 7 nitrogen and oxygen atoms in total. The number of hydrogen-bond donors (Lipinski definition) is 2. The Morgan fingerprint density at radius 2 is 2.07 bits per heavy atom. The third-order valence-corrected chi connectivity index (χ3v) is 3.93. The van der Waals surface area contributed by atoms with Gasteiger partial charge in [0.15, 0.2) is 11.5 Å². The summed E-state index contributed by atoms with van der Waals surface area (Å²) >= 11 is 0.